The lowest BCUT2D eigenvalue weighted by atomic mass is 9.93. The Balaban J connectivity index is 2.71. The number of benzene rings is 2. The van der Waals surface area contributed by atoms with Crippen LogP contribution in [0.5, 0.6) is 0 Å². The molecule has 7 nitrogen and oxygen atoms in total. The van der Waals surface area contributed by atoms with Crippen molar-refractivity contribution in [1.82, 2.24) is 0 Å². The van der Waals surface area contributed by atoms with Crippen LogP contribution in [0.25, 0.3) is 0 Å². The summed E-state index contributed by atoms with van der Waals surface area (Å²) in [5.41, 5.74) is 0.612. The first-order chi connectivity index (χ1) is 13.8. The van der Waals surface area contributed by atoms with Gasteiger partial charge in [-0.2, -0.15) is 0 Å². The van der Waals surface area contributed by atoms with Crippen LogP contribution in [0.4, 0.5) is 5.69 Å². The molecule has 0 saturated carbocycles. The number of hydrogen-bond donors (Lipinski definition) is 1. The fraction of sp³-hybridized carbons (Fsp3) is 0.273. The zero-order valence-electron chi connectivity index (χ0n) is 16.8. The predicted octanol–water partition coefficient (Wildman–Crippen LogP) is 3.80. The molecule has 0 atom stereocenters. The zero-order valence-corrected chi connectivity index (χ0v) is 16.8. The average molecular weight is 397 g/mol. The molecule has 0 aliphatic rings. The molecule has 0 aromatic heterocycles. The summed E-state index contributed by atoms with van der Waals surface area (Å²) in [7, 11) is 0. The lowest BCUT2D eigenvalue weighted by Gasteiger charge is -2.18. The minimum Gasteiger partial charge on any atom is -0.462 e. The SMILES string of the molecule is CCOC(=O)c1c(NC(=O)c2ccccc2)cc(C(C)=O)c(C)c1C(=O)OCC. The van der Waals surface area contributed by atoms with E-state index >= 15 is 0 Å². The molecule has 0 saturated heterocycles. The van der Waals surface area contributed by atoms with E-state index in [1.54, 1.807) is 51.1 Å². The summed E-state index contributed by atoms with van der Waals surface area (Å²) in [6.45, 7) is 6.29. The first kappa shape index (κ1) is 21.8. The fourth-order valence-electron chi connectivity index (χ4n) is 2.90. The van der Waals surface area contributed by atoms with Gasteiger partial charge < -0.3 is 14.8 Å². The van der Waals surface area contributed by atoms with Crippen molar-refractivity contribution in [2.75, 3.05) is 18.5 Å². The largest absolute Gasteiger partial charge is 0.462 e. The van der Waals surface area contributed by atoms with Gasteiger partial charge in [0, 0.05) is 11.1 Å². The molecule has 1 N–H and O–H groups in total. The van der Waals surface area contributed by atoms with Crippen LogP contribution in [0, 0.1) is 6.92 Å². The Kier molecular flexibility index (Phi) is 7.25. The summed E-state index contributed by atoms with van der Waals surface area (Å²) in [5.74, 6) is -2.38. The second kappa shape index (κ2) is 9.64. The highest BCUT2D eigenvalue weighted by molar-refractivity contribution is 6.15. The van der Waals surface area contributed by atoms with Gasteiger partial charge in [-0.1, -0.05) is 18.2 Å². The fourth-order valence-corrected chi connectivity index (χ4v) is 2.90. The molecule has 0 bridgehead atoms. The Hall–Kier alpha value is -3.48. The molecule has 0 spiro atoms. The van der Waals surface area contributed by atoms with E-state index in [1.807, 2.05) is 0 Å². The van der Waals surface area contributed by atoms with Crippen molar-refractivity contribution in [3.8, 4) is 0 Å². The van der Waals surface area contributed by atoms with Crippen molar-refractivity contribution < 1.29 is 28.7 Å². The first-order valence-corrected chi connectivity index (χ1v) is 9.20. The standard InChI is InChI=1S/C22H23NO6/c1-5-28-21(26)18-13(3)16(14(4)24)12-17(19(18)22(27)29-6-2)23-20(25)15-10-8-7-9-11-15/h7-12H,5-6H2,1-4H3,(H,23,25). The molecule has 152 valence electrons. The number of amides is 1. The van der Waals surface area contributed by atoms with Gasteiger partial charge in [0.05, 0.1) is 30.0 Å². The van der Waals surface area contributed by atoms with Gasteiger partial charge in [0.1, 0.15) is 0 Å². The molecule has 0 heterocycles. The molecule has 2 rings (SSSR count). The van der Waals surface area contributed by atoms with Crippen molar-refractivity contribution >= 4 is 29.3 Å². The van der Waals surface area contributed by atoms with E-state index in [2.05, 4.69) is 5.32 Å². The van der Waals surface area contributed by atoms with Gasteiger partial charge in [0.25, 0.3) is 5.91 Å². The molecule has 29 heavy (non-hydrogen) atoms. The maximum Gasteiger partial charge on any atom is 0.341 e. The number of anilines is 1. The van der Waals surface area contributed by atoms with E-state index in [0.29, 0.717) is 5.56 Å². The highest BCUT2D eigenvalue weighted by atomic mass is 16.5. The molecule has 0 unspecified atom stereocenters. The number of ether oxygens (including phenoxy) is 2. The molecule has 0 radical (unpaired) electrons. The third-order valence-corrected chi connectivity index (χ3v) is 4.21. The van der Waals surface area contributed by atoms with Crippen LogP contribution in [0.2, 0.25) is 0 Å². The Morgan fingerprint density at radius 1 is 0.897 bits per heavy atom. The van der Waals surface area contributed by atoms with Crippen LogP contribution < -0.4 is 5.32 Å². The number of rotatable bonds is 7. The van der Waals surface area contributed by atoms with Gasteiger partial charge >= 0.3 is 11.9 Å². The highest BCUT2D eigenvalue weighted by Crippen LogP contribution is 2.30. The summed E-state index contributed by atoms with van der Waals surface area (Å²) in [6, 6.07) is 9.74. The van der Waals surface area contributed by atoms with Gasteiger partial charge in [-0.05, 0) is 51.5 Å². The summed E-state index contributed by atoms with van der Waals surface area (Å²) < 4.78 is 10.2. The van der Waals surface area contributed by atoms with Crippen molar-refractivity contribution in [2.24, 2.45) is 0 Å². The molecule has 7 heteroatoms. The third-order valence-electron chi connectivity index (χ3n) is 4.21. The van der Waals surface area contributed by atoms with Crippen LogP contribution in [0.1, 0.15) is 67.8 Å². The van der Waals surface area contributed by atoms with Gasteiger partial charge in [-0.25, -0.2) is 9.59 Å². The lowest BCUT2D eigenvalue weighted by molar-refractivity contribution is 0.0478. The summed E-state index contributed by atoms with van der Waals surface area (Å²) >= 11 is 0. The van der Waals surface area contributed by atoms with Crippen molar-refractivity contribution in [3.05, 3.63) is 64.2 Å². The van der Waals surface area contributed by atoms with E-state index in [-0.39, 0.29) is 46.9 Å². The maximum absolute atomic E-state index is 12.7. The van der Waals surface area contributed by atoms with Crippen molar-refractivity contribution in [2.45, 2.75) is 27.7 Å². The van der Waals surface area contributed by atoms with Crippen LogP contribution >= 0.6 is 0 Å². The normalized spacial score (nSPS) is 10.2. The van der Waals surface area contributed by atoms with Gasteiger partial charge in [-0.15, -0.1) is 0 Å². The van der Waals surface area contributed by atoms with Gasteiger partial charge in [0.2, 0.25) is 0 Å². The van der Waals surface area contributed by atoms with E-state index in [0.717, 1.165) is 0 Å². The molecule has 0 aliphatic carbocycles. The van der Waals surface area contributed by atoms with E-state index in [1.165, 1.54) is 13.0 Å². The number of esters is 2. The zero-order chi connectivity index (χ0) is 21.6. The topological polar surface area (TPSA) is 98.8 Å². The molecule has 1 amide bonds. The van der Waals surface area contributed by atoms with Crippen LogP contribution in [0.3, 0.4) is 0 Å². The molecule has 2 aromatic rings. The quantitative estimate of drug-likeness (QED) is 0.564. The maximum atomic E-state index is 12.7. The molecular weight excluding hydrogens is 374 g/mol. The first-order valence-electron chi connectivity index (χ1n) is 9.20. The monoisotopic (exact) mass is 397 g/mol. The number of carbonyl (C=O) groups is 4. The number of hydrogen-bond acceptors (Lipinski definition) is 6. The van der Waals surface area contributed by atoms with E-state index < -0.39 is 17.8 Å². The summed E-state index contributed by atoms with van der Waals surface area (Å²) in [4.78, 5) is 50.1. The number of Topliss-reactive ketones (excluding diaryl/α,β-unsaturated/α-hetero) is 1. The molecule has 2 aromatic carbocycles. The number of carbonyl (C=O) groups excluding carboxylic acids is 4. The van der Waals surface area contributed by atoms with Crippen LogP contribution in [0.15, 0.2) is 36.4 Å². The average Bonchev–Trinajstić information content (AvgIpc) is 2.69. The molecule has 0 aliphatic heterocycles. The van der Waals surface area contributed by atoms with Crippen LogP contribution in [-0.4, -0.2) is 36.8 Å². The second-order valence-corrected chi connectivity index (χ2v) is 6.16. The number of ketones is 1. The van der Waals surface area contributed by atoms with Crippen LogP contribution in [-0.2, 0) is 9.47 Å². The Morgan fingerprint density at radius 2 is 1.45 bits per heavy atom. The smallest absolute Gasteiger partial charge is 0.341 e. The lowest BCUT2D eigenvalue weighted by Crippen LogP contribution is -2.22. The van der Waals surface area contributed by atoms with Gasteiger partial charge in [0.15, 0.2) is 5.78 Å². The highest BCUT2D eigenvalue weighted by Gasteiger charge is 2.29. The molecular formula is C22H23NO6. The summed E-state index contributed by atoms with van der Waals surface area (Å²) in [6.07, 6.45) is 0. The Bertz CT molecular complexity index is 950. The summed E-state index contributed by atoms with van der Waals surface area (Å²) in [5, 5.41) is 2.63. The molecule has 0 fully saturated rings. The van der Waals surface area contributed by atoms with E-state index in [4.69, 9.17) is 9.47 Å². The van der Waals surface area contributed by atoms with E-state index in [9.17, 15) is 19.2 Å². The number of nitrogens with one attached hydrogen (secondary N) is 1. The minimum atomic E-state index is -0.794. The minimum absolute atomic E-state index is 0.0103. The van der Waals surface area contributed by atoms with Gasteiger partial charge in [-0.3, -0.25) is 9.59 Å². The van der Waals surface area contributed by atoms with Crippen molar-refractivity contribution in [3.63, 3.8) is 0 Å². The predicted molar refractivity (Wildman–Crippen MR) is 107 cm³/mol. The third kappa shape index (κ3) is 4.87. The Labute approximate surface area is 169 Å². The van der Waals surface area contributed by atoms with Crippen molar-refractivity contribution in [1.29, 1.82) is 0 Å². The Morgan fingerprint density at radius 3 is 1.97 bits per heavy atom. The second-order valence-electron chi connectivity index (χ2n) is 6.16.